The fraction of sp³-hybridized carbons (Fsp3) is 0.0476. The van der Waals surface area contributed by atoms with Crippen molar-refractivity contribution in [1.29, 1.82) is 0 Å². The van der Waals surface area contributed by atoms with Crippen molar-refractivity contribution in [2.45, 2.75) is 0 Å². The van der Waals surface area contributed by atoms with Gasteiger partial charge in [-0.2, -0.15) is 0 Å². The van der Waals surface area contributed by atoms with Gasteiger partial charge in [-0.05, 0) is 78.9 Å². The molecule has 1 N–H and O–H groups in total. The van der Waals surface area contributed by atoms with E-state index >= 15 is 0 Å². The molecule has 0 unspecified atom stereocenters. The molecule has 0 saturated heterocycles. The number of benzene rings is 4. The summed E-state index contributed by atoms with van der Waals surface area (Å²) in [5.41, 5.74) is 1.77. The summed E-state index contributed by atoms with van der Waals surface area (Å²) in [6.07, 6.45) is 0. The van der Waals surface area contributed by atoms with Gasteiger partial charge >= 0.3 is 0 Å². The molecule has 0 aliphatic rings. The van der Waals surface area contributed by atoms with Crippen molar-refractivity contribution in [3.63, 3.8) is 0 Å². The van der Waals surface area contributed by atoms with Crippen molar-refractivity contribution in [2.24, 2.45) is 0 Å². The Hall–Kier alpha value is -1.54. The first-order chi connectivity index (χ1) is 12.1. The summed E-state index contributed by atoms with van der Waals surface area (Å²) < 4.78 is 7.62. The molecule has 0 aliphatic heterocycles. The fourth-order valence-electron chi connectivity index (χ4n) is 3.30. The van der Waals surface area contributed by atoms with Crippen LogP contribution in [0.3, 0.4) is 0 Å². The molecule has 0 atom stereocenters. The maximum Gasteiger partial charge on any atom is 0.140 e. The molecule has 4 heteroatoms. The van der Waals surface area contributed by atoms with Gasteiger partial charge in [0.15, 0.2) is 0 Å². The normalized spacial score (nSPS) is 11.2. The quantitative estimate of drug-likeness (QED) is 0.285. The van der Waals surface area contributed by atoms with E-state index in [-0.39, 0.29) is 0 Å². The molecule has 124 valence electrons. The number of aromatic hydroxyl groups is 1. The van der Waals surface area contributed by atoms with Gasteiger partial charge in [0, 0.05) is 11.1 Å². The molecule has 0 spiro atoms. The van der Waals surface area contributed by atoms with Crippen LogP contribution in [0.1, 0.15) is 0 Å². The molecule has 0 aliphatic carbocycles. The van der Waals surface area contributed by atoms with E-state index in [2.05, 4.69) is 75.5 Å². The molecule has 0 saturated carbocycles. The van der Waals surface area contributed by atoms with Crippen LogP contribution in [0.2, 0.25) is 0 Å². The van der Waals surface area contributed by atoms with E-state index in [1.165, 1.54) is 0 Å². The number of phenolic OH excluding ortho intramolecular Hbond substituents is 1. The summed E-state index contributed by atoms with van der Waals surface area (Å²) in [5.74, 6) is 1.09. The predicted octanol–water partition coefficient (Wildman–Crippen LogP) is 6.58. The number of methoxy groups -OCH3 is 1. The minimum absolute atomic E-state index is 0.296. The molecule has 0 bridgehead atoms. The van der Waals surface area contributed by atoms with E-state index in [4.69, 9.17) is 4.74 Å². The Kier molecular flexibility index (Phi) is 4.49. The van der Waals surface area contributed by atoms with Gasteiger partial charge in [0.25, 0.3) is 0 Å². The molecule has 0 aromatic heterocycles. The van der Waals surface area contributed by atoms with E-state index < -0.39 is 0 Å². The monoisotopic (exact) mass is 552 g/mol. The molecule has 4 aromatic carbocycles. The average molecular weight is 552 g/mol. The van der Waals surface area contributed by atoms with Crippen LogP contribution in [0.15, 0.2) is 60.7 Å². The summed E-state index contributed by atoms with van der Waals surface area (Å²) in [7, 11) is 1.68. The molecule has 0 heterocycles. The third kappa shape index (κ3) is 2.75. The van der Waals surface area contributed by atoms with E-state index in [0.717, 1.165) is 45.6 Å². The fourth-order valence-corrected chi connectivity index (χ4v) is 4.73. The zero-order chi connectivity index (χ0) is 17.6. The van der Waals surface area contributed by atoms with Crippen molar-refractivity contribution >= 4 is 66.7 Å². The maximum absolute atomic E-state index is 11.0. The molecule has 25 heavy (non-hydrogen) atoms. The largest absolute Gasteiger partial charge is 0.506 e. The third-order valence-electron chi connectivity index (χ3n) is 4.39. The predicted molar refractivity (Wildman–Crippen MR) is 121 cm³/mol. The Morgan fingerprint density at radius 2 is 1.28 bits per heavy atom. The van der Waals surface area contributed by atoms with Crippen LogP contribution >= 0.6 is 45.2 Å². The number of halogens is 2. The van der Waals surface area contributed by atoms with E-state index in [1.807, 2.05) is 30.3 Å². The molecular weight excluding hydrogens is 538 g/mol. The summed E-state index contributed by atoms with van der Waals surface area (Å²) >= 11 is 4.48. The van der Waals surface area contributed by atoms with Gasteiger partial charge < -0.3 is 9.84 Å². The molecule has 4 rings (SSSR count). The first kappa shape index (κ1) is 16.9. The molecule has 0 amide bonds. The number of ether oxygens (including phenoxy) is 1. The first-order valence-corrected chi connectivity index (χ1v) is 9.93. The smallest absolute Gasteiger partial charge is 0.140 e. The lowest BCUT2D eigenvalue weighted by Crippen LogP contribution is -1.95. The van der Waals surface area contributed by atoms with Gasteiger partial charge in [-0.3, -0.25) is 0 Å². The standard InChI is InChI=1S/C21H14I2O2/c1-25-21-17(23)11-13-7-3-5-9-15(13)19(21)18-14-8-4-2-6-12(14)10-16(22)20(18)24/h2-11,24H,1H3. The second kappa shape index (κ2) is 6.64. The second-order valence-corrected chi connectivity index (χ2v) is 8.12. The number of fused-ring (bicyclic) bond motifs is 2. The van der Waals surface area contributed by atoms with Crippen LogP contribution in [0.5, 0.6) is 11.5 Å². The zero-order valence-electron chi connectivity index (χ0n) is 13.4. The van der Waals surface area contributed by atoms with E-state index in [1.54, 1.807) is 7.11 Å². The minimum atomic E-state index is 0.296. The summed E-state index contributed by atoms with van der Waals surface area (Å²) in [6.45, 7) is 0. The Bertz CT molecular complexity index is 1120. The van der Waals surface area contributed by atoms with Crippen molar-refractivity contribution in [3.8, 4) is 22.6 Å². The Morgan fingerprint density at radius 1 is 0.760 bits per heavy atom. The molecule has 0 fully saturated rings. The van der Waals surface area contributed by atoms with Crippen LogP contribution < -0.4 is 4.74 Å². The van der Waals surface area contributed by atoms with E-state index in [9.17, 15) is 5.11 Å². The zero-order valence-corrected chi connectivity index (χ0v) is 17.7. The van der Waals surface area contributed by atoms with Crippen LogP contribution in [0.4, 0.5) is 0 Å². The highest BCUT2D eigenvalue weighted by molar-refractivity contribution is 14.1. The summed E-state index contributed by atoms with van der Waals surface area (Å²) in [4.78, 5) is 0. The van der Waals surface area contributed by atoms with Gasteiger partial charge in [0.05, 0.1) is 14.3 Å². The molecule has 0 radical (unpaired) electrons. The lowest BCUT2D eigenvalue weighted by molar-refractivity contribution is 0.413. The van der Waals surface area contributed by atoms with Crippen LogP contribution in [0, 0.1) is 7.14 Å². The first-order valence-electron chi connectivity index (χ1n) is 7.77. The van der Waals surface area contributed by atoms with Gasteiger partial charge in [0.2, 0.25) is 0 Å². The lowest BCUT2D eigenvalue weighted by atomic mass is 9.92. The highest BCUT2D eigenvalue weighted by Gasteiger charge is 2.21. The van der Waals surface area contributed by atoms with Gasteiger partial charge in [-0.15, -0.1) is 0 Å². The highest BCUT2D eigenvalue weighted by Crippen LogP contribution is 2.48. The highest BCUT2D eigenvalue weighted by atomic mass is 127. The molecule has 2 nitrogen and oxygen atoms in total. The molecular formula is C21H14I2O2. The van der Waals surface area contributed by atoms with E-state index in [0.29, 0.717) is 5.75 Å². The topological polar surface area (TPSA) is 29.5 Å². The summed E-state index contributed by atoms with van der Waals surface area (Å²) in [6, 6.07) is 20.5. The maximum atomic E-state index is 11.0. The van der Waals surface area contributed by atoms with Crippen molar-refractivity contribution in [2.75, 3.05) is 7.11 Å². The Morgan fingerprint density at radius 3 is 1.88 bits per heavy atom. The van der Waals surface area contributed by atoms with Crippen molar-refractivity contribution in [1.82, 2.24) is 0 Å². The van der Waals surface area contributed by atoms with Crippen LogP contribution in [0.25, 0.3) is 32.7 Å². The number of phenols is 1. The number of hydrogen-bond donors (Lipinski definition) is 1. The number of rotatable bonds is 2. The van der Waals surface area contributed by atoms with Gasteiger partial charge in [-0.1, -0.05) is 48.5 Å². The van der Waals surface area contributed by atoms with Gasteiger partial charge in [-0.25, -0.2) is 0 Å². The molecule has 4 aromatic rings. The number of hydrogen-bond acceptors (Lipinski definition) is 2. The van der Waals surface area contributed by atoms with Gasteiger partial charge in [0.1, 0.15) is 11.5 Å². The minimum Gasteiger partial charge on any atom is -0.506 e. The van der Waals surface area contributed by atoms with Crippen molar-refractivity contribution < 1.29 is 9.84 Å². The average Bonchev–Trinajstić information content (AvgIpc) is 2.62. The Labute approximate surface area is 173 Å². The Balaban J connectivity index is 2.27. The lowest BCUT2D eigenvalue weighted by Gasteiger charge is -2.18. The summed E-state index contributed by atoms with van der Waals surface area (Å²) in [5, 5.41) is 15.3. The SMILES string of the molecule is COc1c(I)cc2ccccc2c1-c1c(O)c(I)cc2ccccc12. The van der Waals surface area contributed by atoms with Crippen LogP contribution in [-0.2, 0) is 0 Å². The van der Waals surface area contributed by atoms with Crippen molar-refractivity contribution in [3.05, 3.63) is 67.8 Å². The third-order valence-corrected chi connectivity index (χ3v) is 6.01. The second-order valence-electron chi connectivity index (χ2n) is 5.79. The van der Waals surface area contributed by atoms with Crippen LogP contribution in [-0.4, -0.2) is 12.2 Å².